The standard InChI is InChI=1S/C16H14N2O/c1-19-15-9-5-2-6-12(15)10-11-16-17-13-7-3-4-8-14(13)18-16/h2-11H,1H3,(H,17,18)/b11-10-. The van der Waals surface area contributed by atoms with Gasteiger partial charge in [0.1, 0.15) is 11.6 Å². The molecule has 0 bridgehead atoms. The number of aromatic nitrogens is 2. The molecule has 2 aromatic carbocycles. The number of ether oxygens (including phenoxy) is 1. The average Bonchev–Trinajstić information content (AvgIpc) is 2.88. The third-order valence-electron chi connectivity index (χ3n) is 2.97. The van der Waals surface area contributed by atoms with E-state index in [1.807, 2.05) is 60.7 Å². The van der Waals surface area contributed by atoms with Gasteiger partial charge in [0.05, 0.1) is 18.1 Å². The van der Waals surface area contributed by atoms with Gasteiger partial charge in [-0.05, 0) is 30.4 Å². The SMILES string of the molecule is COc1ccccc1/C=C\c1nc2ccccc2[nH]1. The molecule has 3 aromatic rings. The largest absolute Gasteiger partial charge is 0.496 e. The summed E-state index contributed by atoms with van der Waals surface area (Å²) < 4.78 is 5.31. The second-order valence-corrected chi connectivity index (χ2v) is 4.21. The first-order valence-electron chi connectivity index (χ1n) is 6.12. The molecule has 1 heterocycles. The predicted molar refractivity (Wildman–Crippen MR) is 78.0 cm³/mol. The Hall–Kier alpha value is -2.55. The first kappa shape index (κ1) is 11.5. The van der Waals surface area contributed by atoms with E-state index in [2.05, 4.69) is 9.97 Å². The summed E-state index contributed by atoms with van der Waals surface area (Å²) in [5.74, 6) is 1.70. The molecule has 0 aliphatic heterocycles. The number of methoxy groups -OCH3 is 1. The van der Waals surface area contributed by atoms with Gasteiger partial charge < -0.3 is 9.72 Å². The maximum Gasteiger partial charge on any atom is 0.131 e. The zero-order valence-electron chi connectivity index (χ0n) is 10.6. The van der Waals surface area contributed by atoms with Crippen LogP contribution in [0.15, 0.2) is 48.5 Å². The minimum atomic E-state index is 0.840. The van der Waals surface area contributed by atoms with E-state index in [9.17, 15) is 0 Å². The van der Waals surface area contributed by atoms with Gasteiger partial charge in [-0.3, -0.25) is 0 Å². The van der Waals surface area contributed by atoms with Gasteiger partial charge in [-0.15, -0.1) is 0 Å². The van der Waals surface area contributed by atoms with Gasteiger partial charge in [0.25, 0.3) is 0 Å². The van der Waals surface area contributed by atoms with Gasteiger partial charge in [-0.25, -0.2) is 4.98 Å². The van der Waals surface area contributed by atoms with Gasteiger partial charge in [-0.2, -0.15) is 0 Å². The number of hydrogen-bond acceptors (Lipinski definition) is 2. The summed E-state index contributed by atoms with van der Waals surface area (Å²) in [6.45, 7) is 0. The molecule has 3 heteroatoms. The summed E-state index contributed by atoms with van der Waals surface area (Å²) >= 11 is 0. The topological polar surface area (TPSA) is 37.9 Å². The van der Waals surface area contributed by atoms with Crippen LogP contribution < -0.4 is 4.74 Å². The average molecular weight is 250 g/mol. The number of aromatic amines is 1. The van der Waals surface area contributed by atoms with Crippen LogP contribution in [0.4, 0.5) is 0 Å². The number of H-pyrrole nitrogens is 1. The van der Waals surface area contributed by atoms with Crippen LogP contribution in [0.5, 0.6) is 5.75 Å². The van der Waals surface area contributed by atoms with Crippen molar-refractivity contribution in [2.45, 2.75) is 0 Å². The molecule has 0 unspecified atom stereocenters. The maximum absolute atomic E-state index is 5.31. The molecule has 1 aromatic heterocycles. The van der Waals surface area contributed by atoms with Gasteiger partial charge in [-0.1, -0.05) is 30.3 Å². The van der Waals surface area contributed by atoms with Crippen LogP contribution in [0.1, 0.15) is 11.4 Å². The van der Waals surface area contributed by atoms with Crippen LogP contribution in [-0.4, -0.2) is 17.1 Å². The molecule has 0 radical (unpaired) electrons. The molecule has 0 fully saturated rings. The Balaban J connectivity index is 1.93. The Morgan fingerprint density at radius 3 is 2.63 bits per heavy atom. The lowest BCUT2D eigenvalue weighted by molar-refractivity contribution is 0.414. The summed E-state index contributed by atoms with van der Waals surface area (Å²) in [7, 11) is 1.67. The Kier molecular flexibility index (Phi) is 3.02. The monoisotopic (exact) mass is 250 g/mol. The van der Waals surface area contributed by atoms with Gasteiger partial charge in [0.2, 0.25) is 0 Å². The molecular formula is C16H14N2O. The third kappa shape index (κ3) is 2.36. The molecular weight excluding hydrogens is 236 g/mol. The van der Waals surface area contributed by atoms with E-state index >= 15 is 0 Å². The van der Waals surface area contributed by atoms with Crippen molar-refractivity contribution < 1.29 is 4.74 Å². The van der Waals surface area contributed by atoms with Crippen molar-refractivity contribution in [1.29, 1.82) is 0 Å². The molecule has 0 aliphatic rings. The van der Waals surface area contributed by atoms with Crippen LogP contribution in [0.3, 0.4) is 0 Å². The molecule has 0 saturated carbocycles. The number of hydrogen-bond donors (Lipinski definition) is 1. The van der Waals surface area contributed by atoms with E-state index in [-0.39, 0.29) is 0 Å². The molecule has 3 nitrogen and oxygen atoms in total. The summed E-state index contributed by atoms with van der Waals surface area (Å²) in [5, 5.41) is 0. The number of nitrogens with one attached hydrogen (secondary N) is 1. The predicted octanol–water partition coefficient (Wildman–Crippen LogP) is 3.74. The van der Waals surface area contributed by atoms with E-state index < -0.39 is 0 Å². The normalized spacial score (nSPS) is 11.2. The minimum absolute atomic E-state index is 0.840. The van der Waals surface area contributed by atoms with E-state index in [1.165, 1.54) is 0 Å². The van der Waals surface area contributed by atoms with Crippen molar-refractivity contribution in [3.8, 4) is 5.75 Å². The fourth-order valence-electron chi connectivity index (χ4n) is 2.02. The lowest BCUT2D eigenvalue weighted by atomic mass is 10.2. The number of imidazole rings is 1. The number of benzene rings is 2. The molecule has 3 rings (SSSR count). The number of rotatable bonds is 3. The van der Waals surface area contributed by atoms with Crippen LogP contribution >= 0.6 is 0 Å². The summed E-state index contributed by atoms with van der Waals surface area (Å²) in [6, 6.07) is 15.9. The molecule has 1 N–H and O–H groups in total. The van der Waals surface area contributed by atoms with E-state index in [0.717, 1.165) is 28.2 Å². The molecule has 0 spiro atoms. The fourth-order valence-corrected chi connectivity index (χ4v) is 2.02. The van der Waals surface area contributed by atoms with Gasteiger partial charge in [0.15, 0.2) is 0 Å². The van der Waals surface area contributed by atoms with Crippen LogP contribution in [0.25, 0.3) is 23.2 Å². The Morgan fingerprint density at radius 1 is 1.00 bits per heavy atom. The zero-order chi connectivity index (χ0) is 13.1. The Morgan fingerprint density at radius 2 is 1.79 bits per heavy atom. The first-order valence-corrected chi connectivity index (χ1v) is 6.12. The van der Waals surface area contributed by atoms with Crippen LogP contribution in [0, 0.1) is 0 Å². The molecule has 19 heavy (non-hydrogen) atoms. The van der Waals surface area contributed by atoms with Crippen LogP contribution in [-0.2, 0) is 0 Å². The number of fused-ring (bicyclic) bond motifs is 1. The quantitative estimate of drug-likeness (QED) is 0.769. The summed E-state index contributed by atoms with van der Waals surface area (Å²) in [6.07, 6.45) is 3.95. The maximum atomic E-state index is 5.31. The molecule has 0 amide bonds. The highest BCUT2D eigenvalue weighted by Crippen LogP contribution is 2.20. The minimum Gasteiger partial charge on any atom is -0.496 e. The van der Waals surface area contributed by atoms with E-state index in [4.69, 9.17) is 4.74 Å². The van der Waals surface area contributed by atoms with Crippen LogP contribution in [0.2, 0.25) is 0 Å². The van der Waals surface area contributed by atoms with Gasteiger partial charge >= 0.3 is 0 Å². The van der Waals surface area contributed by atoms with Gasteiger partial charge in [0, 0.05) is 5.56 Å². The highest BCUT2D eigenvalue weighted by atomic mass is 16.5. The molecule has 94 valence electrons. The highest BCUT2D eigenvalue weighted by Gasteiger charge is 2.00. The Labute approximate surface area is 111 Å². The van der Waals surface area contributed by atoms with Crippen molar-refractivity contribution in [2.24, 2.45) is 0 Å². The van der Waals surface area contributed by atoms with Crippen molar-refractivity contribution in [3.63, 3.8) is 0 Å². The van der Waals surface area contributed by atoms with Crippen molar-refractivity contribution in [2.75, 3.05) is 7.11 Å². The molecule has 0 atom stereocenters. The van der Waals surface area contributed by atoms with Crippen molar-refractivity contribution in [1.82, 2.24) is 9.97 Å². The lowest BCUT2D eigenvalue weighted by Crippen LogP contribution is -1.85. The smallest absolute Gasteiger partial charge is 0.131 e. The summed E-state index contributed by atoms with van der Waals surface area (Å²) in [4.78, 5) is 7.76. The third-order valence-corrected chi connectivity index (χ3v) is 2.97. The molecule has 0 aliphatic carbocycles. The zero-order valence-corrected chi connectivity index (χ0v) is 10.6. The highest BCUT2D eigenvalue weighted by molar-refractivity contribution is 5.79. The summed E-state index contributed by atoms with van der Waals surface area (Å²) in [5.41, 5.74) is 3.05. The Bertz CT molecular complexity index is 695. The van der Waals surface area contributed by atoms with E-state index in [1.54, 1.807) is 7.11 Å². The molecule has 0 saturated heterocycles. The second kappa shape index (κ2) is 4.98. The first-order chi connectivity index (χ1) is 9.36. The second-order valence-electron chi connectivity index (χ2n) is 4.21. The number of nitrogens with zero attached hydrogens (tertiary/aromatic N) is 1. The fraction of sp³-hybridized carbons (Fsp3) is 0.0625. The van der Waals surface area contributed by atoms with Crippen molar-refractivity contribution >= 4 is 23.2 Å². The van der Waals surface area contributed by atoms with E-state index in [0.29, 0.717) is 0 Å². The van der Waals surface area contributed by atoms with Crippen molar-refractivity contribution in [3.05, 3.63) is 59.9 Å². The number of para-hydroxylation sites is 3. The lowest BCUT2D eigenvalue weighted by Gasteiger charge is -2.02.